The van der Waals surface area contributed by atoms with Gasteiger partial charge < -0.3 is 20.3 Å². The summed E-state index contributed by atoms with van der Waals surface area (Å²) in [4.78, 5) is 6.91. The molecule has 1 saturated heterocycles. The molecule has 0 aromatic heterocycles. The Kier molecular flexibility index (Phi) is 10.9. The molecule has 0 unspecified atom stereocenters. The lowest BCUT2D eigenvalue weighted by Crippen LogP contribution is -2.49. The van der Waals surface area contributed by atoms with Crippen LogP contribution < -0.4 is 15.4 Å². The van der Waals surface area contributed by atoms with Gasteiger partial charge in [-0.05, 0) is 49.9 Å². The zero-order chi connectivity index (χ0) is 17.2. The first-order valence-electron chi connectivity index (χ1n) is 9.07. The maximum Gasteiger partial charge on any atom is 0.191 e. The van der Waals surface area contributed by atoms with Crippen molar-refractivity contribution in [2.75, 3.05) is 40.3 Å². The number of hydrogen-bond acceptors (Lipinski definition) is 3. The van der Waals surface area contributed by atoms with Crippen molar-refractivity contribution in [1.29, 1.82) is 0 Å². The van der Waals surface area contributed by atoms with Crippen LogP contribution in [0.4, 0.5) is 0 Å². The largest absolute Gasteiger partial charge is 0.497 e. The number of nitrogens with zero attached hydrogens (tertiary/aromatic N) is 2. The molecule has 0 spiro atoms. The third kappa shape index (κ3) is 7.81. The number of piperidine rings is 1. The zero-order valence-corrected chi connectivity index (χ0v) is 18.1. The predicted molar refractivity (Wildman–Crippen MR) is 116 cm³/mol. The zero-order valence-electron chi connectivity index (χ0n) is 15.8. The van der Waals surface area contributed by atoms with Crippen molar-refractivity contribution in [1.82, 2.24) is 15.5 Å². The lowest BCUT2D eigenvalue weighted by Gasteiger charge is -2.32. The van der Waals surface area contributed by atoms with E-state index in [9.17, 15) is 0 Å². The standard InChI is InChI=1S/C19H32N4O.HI/c1-4-12-23-13-9-17(10-14-23)22-19(20-2)21-11-8-16-6-5-7-18(15-16)24-3;/h5-7,15,17H,4,8-14H2,1-3H3,(H2,20,21,22);1H. The number of methoxy groups -OCH3 is 1. The summed E-state index contributed by atoms with van der Waals surface area (Å²) >= 11 is 0. The fourth-order valence-corrected chi connectivity index (χ4v) is 3.16. The molecular formula is C19H33IN4O. The van der Waals surface area contributed by atoms with E-state index in [1.807, 2.05) is 19.2 Å². The van der Waals surface area contributed by atoms with Gasteiger partial charge in [0.25, 0.3) is 0 Å². The van der Waals surface area contributed by atoms with E-state index in [1.54, 1.807) is 7.11 Å². The van der Waals surface area contributed by atoms with Gasteiger partial charge in [0.1, 0.15) is 5.75 Å². The number of likely N-dealkylation sites (tertiary alicyclic amines) is 1. The van der Waals surface area contributed by atoms with Crippen molar-refractivity contribution < 1.29 is 4.74 Å². The molecule has 0 atom stereocenters. The minimum absolute atomic E-state index is 0. The predicted octanol–water partition coefficient (Wildman–Crippen LogP) is 2.90. The highest BCUT2D eigenvalue weighted by Gasteiger charge is 2.19. The minimum atomic E-state index is 0. The lowest BCUT2D eigenvalue weighted by atomic mass is 10.1. The van der Waals surface area contributed by atoms with Crippen molar-refractivity contribution in [3.05, 3.63) is 29.8 Å². The number of guanidine groups is 1. The van der Waals surface area contributed by atoms with Crippen LogP contribution in [0.15, 0.2) is 29.3 Å². The van der Waals surface area contributed by atoms with E-state index in [1.165, 1.54) is 44.5 Å². The Bertz CT molecular complexity index is 516. The van der Waals surface area contributed by atoms with Crippen molar-refractivity contribution in [2.45, 2.75) is 38.6 Å². The van der Waals surface area contributed by atoms with Gasteiger partial charge in [-0.1, -0.05) is 19.1 Å². The molecule has 2 rings (SSSR count). The molecule has 0 amide bonds. The molecule has 0 aliphatic carbocycles. The van der Waals surface area contributed by atoms with Gasteiger partial charge in [-0.2, -0.15) is 0 Å². The highest BCUT2D eigenvalue weighted by atomic mass is 127. The van der Waals surface area contributed by atoms with Gasteiger partial charge in [0.05, 0.1) is 7.11 Å². The molecule has 25 heavy (non-hydrogen) atoms. The molecule has 1 aliphatic rings. The molecule has 1 aliphatic heterocycles. The van der Waals surface area contributed by atoms with E-state index in [4.69, 9.17) is 4.74 Å². The van der Waals surface area contributed by atoms with Crippen LogP contribution in [-0.2, 0) is 6.42 Å². The molecule has 1 aromatic carbocycles. The van der Waals surface area contributed by atoms with Crippen molar-refractivity contribution in [2.24, 2.45) is 4.99 Å². The van der Waals surface area contributed by atoms with Crippen LogP contribution in [0, 0.1) is 0 Å². The lowest BCUT2D eigenvalue weighted by molar-refractivity contribution is 0.206. The molecule has 1 fully saturated rings. The molecule has 5 nitrogen and oxygen atoms in total. The minimum Gasteiger partial charge on any atom is -0.497 e. The van der Waals surface area contributed by atoms with E-state index < -0.39 is 0 Å². The SMILES string of the molecule is CCCN1CCC(NC(=NC)NCCc2cccc(OC)c2)CC1.I. The normalized spacial score (nSPS) is 16.2. The molecule has 1 heterocycles. The Morgan fingerprint density at radius 1 is 1.32 bits per heavy atom. The first-order chi connectivity index (χ1) is 11.7. The van der Waals surface area contributed by atoms with Gasteiger partial charge in [0.15, 0.2) is 5.96 Å². The summed E-state index contributed by atoms with van der Waals surface area (Å²) in [5, 5.41) is 6.99. The highest BCUT2D eigenvalue weighted by molar-refractivity contribution is 14.0. The van der Waals surface area contributed by atoms with E-state index >= 15 is 0 Å². The molecule has 142 valence electrons. The first-order valence-corrected chi connectivity index (χ1v) is 9.07. The summed E-state index contributed by atoms with van der Waals surface area (Å²) in [6, 6.07) is 8.75. The number of aliphatic imine (C=N–C) groups is 1. The fourth-order valence-electron chi connectivity index (χ4n) is 3.16. The maximum atomic E-state index is 5.27. The number of rotatable bonds is 7. The summed E-state index contributed by atoms with van der Waals surface area (Å²) in [5.41, 5.74) is 1.27. The summed E-state index contributed by atoms with van der Waals surface area (Å²) in [6.07, 6.45) is 4.58. The number of nitrogens with one attached hydrogen (secondary N) is 2. The van der Waals surface area contributed by atoms with Crippen LogP contribution in [0.1, 0.15) is 31.7 Å². The van der Waals surface area contributed by atoms with Crippen LogP contribution in [0.2, 0.25) is 0 Å². The molecule has 0 saturated carbocycles. The topological polar surface area (TPSA) is 48.9 Å². The number of benzene rings is 1. The Hall–Kier alpha value is -1.02. The second-order valence-electron chi connectivity index (χ2n) is 6.36. The summed E-state index contributed by atoms with van der Waals surface area (Å²) in [7, 11) is 3.54. The van der Waals surface area contributed by atoms with Crippen molar-refractivity contribution in [3.8, 4) is 5.75 Å². The Morgan fingerprint density at radius 2 is 2.08 bits per heavy atom. The van der Waals surface area contributed by atoms with Gasteiger partial charge in [-0.25, -0.2) is 0 Å². The molecule has 2 N–H and O–H groups in total. The average molecular weight is 460 g/mol. The molecule has 6 heteroatoms. The van der Waals surface area contributed by atoms with Crippen LogP contribution in [0.5, 0.6) is 5.75 Å². The third-order valence-corrected chi connectivity index (χ3v) is 4.53. The quantitative estimate of drug-likeness (QED) is 0.373. The summed E-state index contributed by atoms with van der Waals surface area (Å²) < 4.78 is 5.27. The summed E-state index contributed by atoms with van der Waals surface area (Å²) in [5.74, 6) is 1.82. The smallest absolute Gasteiger partial charge is 0.191 e. The summed E-state index contributed by atoms with van der Waals surface area (Å²) in [6.45, 7) is 6.71. The van der Waals surface area contributed by atoms with Gasteiger partial charge in [-0.3, -0.25) is 4.99 Å². The van der Waals surface area contributed by atoms with Gasteiger partial charge >= 0.3 is 0 Å². The van der Waals surface area contributed by atoms with Crippen LogP contribution in [-0.4, -0.2) is 57.2 Å². The monoisotopic (exact) mass is 460 g/mol. The third-order valence-electron chi connectivity index (χ3n) is 4.53. The average Bonchev–Trinajstić information content (AvgIpc) is 2.63. The second-order valence-corrected chi connectivity index (χ2v) is 6.36. The van der Waals surface area contributed by atoms with Gasteiger partial charge in [0, 0.05) is 32.7 Å². The Labute approximate surface area is 169 Å². The van der Waals surface area contributed by atoms with E-state index in [0.29, 0.717) is 6.04 Å². The maximum absolute atomic E-state index is 5.27. The van der Waals surface area contributed by atoms with Gasteiger partial charge in [0.2, 0.25) is 0 Å². The molecular weight excluding hydrogens is 427 g/mol. The van der Waals surface area contributed by atoms with Crippen LogP contribution in [0.3, 0.4) is 0 Å². The molecule has 0 radical (unpaired) electrons. The highest BCUT2D eigenvalue weighted by Crippen LogP contribution is 2.13. The molecule has 1 aromatic rings. The Balaban J connectivity index is 0.00000312. The molecule has 0 bridgehead atoms. The second kappa shape index (κ2) is 12.4. The van der Waals surface area contributed by atoms with E-state index in [2.05, 4.69) is 39.6 Å². The number of hydrogen-bond donors (Lipinski definition) is 2. The van der Waals surface area contributed by atoms with Crippen molar-refractivity contribution in [3.63, 3.8) is 0 Å². The fraction of sp³-hybridized carbons (Fsp3) is 0.632. The van der Waals surface area contributed by atoms with Crippen LogP contribution in [0.25, 0.3) is 0 Å². The van der Waals surface area contributed by atoms with E-state index in [0.717, 1.165) is 24.7 Å². The van der Waals surface area contributed by atoms with Gasteiger partial charge in [-0.15, -0.1) is 24.0 Å². The van der Waals surface area contributed by atoms with Crippen molar-refractivity contribution >= 4 is 29.9 Å². The Morgan fingerprint density at radius 3 is 2.72 bits per heavy atom. The number of ether oxygens (including phenoxy) is 1. The first kappa shape index (κ1) is 22.0. The van der Waals surface area contributed by atoms with Crippen LogP contribution >= 0.6 is 24.0 Å². The van der Waals surface area contributed by atoms with E-state index in [-0.39, 0.29) is 24.0 Å². The number of halogens is 1.